The van der Waals surface area contributed by atoms with E-state index in [9.17, 15) is 19.2 Å². The van der Waals surface area contributed by atoms with Gasteiger partial charge in [0.15, 0.2) is 6.10 Å². The quantitative estimate of drug-likeness (QED) is 0.322. The molecule has 0 radical (unpaired) electrons. The van der Waals surface area contributed by atoms with E-state index in [0.717, 1.165) is 5.56 Å². The normalized spacial score (nSPS) is 14.2. The summed E-state index contributed by atoms with van der Waals surface area (Å²) < 4.78 is 10.5. The van der Waals surface area contributed by atoms with Gasteiger partial charge in [-0.25, -0.2) is 4.98 Å². The van der Waals surface area contributed by atoms with Crippen molar-refractivity contribution in [3.8, 4) is 0 Å². The number of hydrogen-bond donors (Lipinski definition) is 1. The van der Waals surface area contributed by atoms with E-state index in [0.29, 0.717) is 24.3 Å². The van der Waals surface area contributed by atoms with Crippen molar-refractivity contribution in [2.24, 2.45) is 17.8 Å². The predicted octanol–water partition coefficient (Wildman–Crippen LogP) is 4.82. The van der Waals surface area contributed by atoms with Gasteiger partial charge in [0.25, 0.3) is 5.91 Å². The van der Waals surface area contributed by atoms with Crippen molar-refractivity contribution in [3.05, 3.63) is 52.0 Å². The number of rotatable bonds is 14. The number of carbonyl (C=O) groups excluding carboxylic acids is 4. The molecule has 4 atom stereocenters. The average Bonchev–Trinajstić information content (AvgIpc) is 3.40. The summed E-state index contributed by atoms with van der Waals surface area (Å²) in [7, 11) is 3.11. The monoisotopic (exact) mass is 573 g/mol. The molecular formula is C30H43N3O6S. The van der Waals surface area contributed by atoms with Gasteiger partial charge in [-0.05, 0) is 24.3 Å². The molecule has 0 saturated carbocycles. The molecule has 1 aromatic heterocycles. The molecule has 0 saturated heterocycles. The van der Waals surface area contributed by atoms with Crippen molar-refractivity contribution >= 4 is 35.1 Å². The Morgan fingerprint density at radius 1 is 1.02 bits per heavy atom. The Morgan fingerprint density at radius 2 is 1.68 bits per heavy atom. The highest BCUT2D eigenvalue weighted by molar-refractivity contribution is 7.09. The van der Waals surface area contributed by atoms with Crippen LogP contribution in [0.5, 0.6) is 0 Å². The lowest BCUT2D eigenvalue weighted by atomic mass is 9.95. The van der Waals surface area contributed by atoms with Crippen LogP contribution in [0.2, 0.25) is 0 Å². The number of amides is 2. The summed E-state index contributed by atoms with van der Waals surface area (Å²) in [6.07, 6.45) is 0.576. The van der Waals surface area contributed by atoms with Crippen molar-refractivity contribution in [3.63, 3.8) is 0 Å². The summed E-state index contributed by atoms with van der Waals surface area (Å²) in [6, 6.07) is 9.19. The van der Waals surface area contributed by atoms with E-state index in [1.165, 1.54) is 25.4 Å². The van der Waals surface area contributed by atoms with E-state index >= 15 is 0 Å². The Morgan fingerprint density at radius 3 is 2.23 bits per heavy atom. The van der Waals surface area contributed by atoms with Crippen LogP contribution < -0.4 is 5.32 Å². The van der Waals surface area contributed by atoms with Crippen molar-refractivity contribution in [1.29, 1.82) is 0 Å². The zero-order valence-corrected chi connectivity index (χ0v) is 25.6. The first kappa shape index (κ1) is 32.9. The van der Waals surface area contributed by atoms with Crippen LogP contribution in [-0.4, -0.2) is 59.9 Å². The Bertz CT molecular complexity index is 1130. The molecule has 9 nitrogen and oxygen atoms in total. The van der Waals surface area contributed by atoms with Crippen LogP contribution in [0.15, 0.2) is 35.7 Å². The van der Waals surface area contributed by atoms with Crippen LogP contribution in [0.1, 0.15) is 81.5 Å². The van der Waals surface area contributed by atoms with Crippen LogP contribution in [0.25, 0.3) is 0 Å². The van der Waals surface area contributed by atoms with Gasteiger partial charge < -0.3 is 19.7 Å². The zero-order chi connectivity index (χ0) is 30.0. The van der Waals surface area contributed by atoms with Crippen LogP contribution >= 0.6 is 11.3 Å². The molecule has 1 heterocycles. The van der Waals surface area contributed by atoms with Gasteiger partial charge in [-0.3, -0.25) is 19.2 Å². The second-order valence-electron chi connectivity index (χ2n) is 10.8. The van der Waals surface area contributed by atoms with Crippen molar-refractivity contribution in [2.45, 2.75) is 79.0 Å². The molecule has 0 fully saturated rings. The van der Waals surface area contributed by atoms with Gasteiger partial charge in [-0.1, -0.05) is 65.0 Å². The lowest BCUT2D eigenvalue weighted by Gasteiger charge is -2.34. The largest absolute Gasteiger partial charge is 0.469 e. The van der Waals surface area contributed by atoms with Gasteiger partial charge >= 0.3 is 11.9 Å². The molecule has 0 spiro atoms. The number of ether oxygens (including phenoxy) is 2. The first-order chi connectivity index (χ1) is 18.8. The molecule has 1 N–H and O–H groups in total. The summed E-state index contributed by atoms with van der Waals surface area (Å²) >= 11 is 1.23. The number of hydrogen-bond acceptors (Lipinski definition) is 8. The molecular weight excluding hydrogens is 530 g/mol. The van der Waals surface area contributed by atoms with Crippen LogP contribution in [0.3, 0.4) is 0 Å². The zero-order valence-electron chi connectivity index (χ0n) is 24.8. The third kappa shape index (κ3) is 9.73. The molecule has 2 amide bonds. The SMILES string of the molecule is COC(=O)[C@@H](C)C[C@H](Cc1ccccc1)NC(=O)c1csc([C@@H](C[C@H](C(C)C)N(C)C(=O)C(C)C)OC(C)=O)n1. The minimum absolute atomic E-state index is 0.00474. The van der Waals surface area contributed by atoms with Gasteiger partial charge in [0, 0.05) is 43.8 Å². The van der Waals surface area contributed by atoms with E-state index in [4.69, 9.17) is 9.47 Å². The maximum absolute atomic E-state index is 13.3. The molecule has 40 heavy (non-hydrogen) atoms. The molecule has 0 aliphatic heterocycles. The predicted molar refractivity (Wildman–Crippen MR) is 155 cm³/mol. The van der Waals surface area contributed by atoms with E-state index in [1.54, 1.807) is 24.3 Å². The number of esters is 2. The first-order valence-electron chi connectivity index (χ1n) is 13.7. The van der Waals surface area contributed by atoms with Gasteiger partial charge in [0.1, 0.15) is 10.7 Å². The minimum Gasteiger partial charge on any atom is -0.469 e. The molecule has 2 rings (SSSR count). The highest BCUT2D eigenvalue weighted by Gasteiger charge is 2.31. The molecule has 0 aliphatic rings. The molecule has 0 bridgehead atoms. The van der Waals surface area contributed by atoms with E-state index in [-0.39, 0.29) is 47.4 Å². The number of aromatic nitrogens is 1. The Balaban J connectivity index is 2.26. The summed E-state index contributed by atoms with van der Waals surface area (Å²) in [5.41, 5.74) is 1.23. The van der Waals surface area contributed by atoms with E-state index in [2.05, 4.69) is 10.3 Å². The fourth-order valence-electron chi connectivity index (χ4n) is 4.68. The topological polar surface area (TPSA) is 115 Å². The Hall–Kier alpha value is -3.27. The highest BCUT2D eigenvalue weighted by atomic mass is 32.1. The maximum Gasteiger partial charge on any atom is 0.308 e. The van der Waals surface area contributed by atoms with Crippen LogP contribution in [-0.2, 0) is 30.3 Å². The minimum atomic E-state index is -0.710. The molecule has 0 unspecified atom stereocenters. The average molecular weight is 574 g/mol. The van der Waals surface area contributed by atoms with Gasteiger partial charge in [-0.15, -0.1) is 11.3 Å². The smallest absolute Gasteiger partial charge is 0.308 e. The summed E-state index contributed by atoms with van der Waals surface area (Å²) in [4.78, 5) is 56.3. The number of carbonyl (C=O) groups is 4. The second-order valence-corrected chi connectivity index (χ2v) is 11.7. The van der Waals surface area contributed by atoms with E-state index < -0.39 is 18.0 Å². The molecule has 220 valence electrons. The third-order valence-electron chi connectivity index (χ3n) is 6.80. The van der Waals surface area contributed by atoms with E-state index in [1.807, 2.05) is 58.0 Å². The highest BCUT2D eigenvalue weighted by Crippen LogP contribution is 2.31. The fraction of sp³-hybridized carbons (Fsp3) is 0.567. The van der Waals surface area contributed by atoms with Gasteiger partial charge in [-0.2, -0.15) is 0 Å². The van der Waals surface area contributed by atoms with Gasteiger partial charge in [0.05, 0.1) is 13.0 Å². The lowest BCUT2D eigenvalue weighted by Crippen LogP contribution is -2.43. The second kappa shape index (κ2) is 15.5. The number of thiazole rings is 1. The number of methoxy groups -OCH3 is 1. The van der Waals surface area contributed by atoms with Crippen molar-refractivity contribution < 1.29 is 28.7 Å². The molecule has 10 heteroatoms. The number of nitrogens with zero attached hydrogens (tertiary/aromatic N) is 2. The van der Waals surface area contributed by atoms with Gasteiger partial charge in [0.2, 0.25) is 5.91 Å². The molecule has 0 aliphatic carbocycles. The van der Waals surface area contributed by atoms with Crippen molar-refractivity contribution in [2.75, 3.05) is 14.2 Å². The molecule has 2 aromatic rings. The molecule has 1 aromatic carbocycles. The maximum atomic E-state index is 13.3. The lowest BCUT2D eigenvalue weighted by molar-refractivity contribution is -0.149. The first-order valence-corrected chi connectivity index (χ1v) is 14.5. The Kier molecular flexibility index (Phi) is 12.8. The number of nitrogens with one attached hydrogen (secondary N) is 1. The summed E-state index contributed by atoms with van der Waals surface area (Å²) in [5, 5.41) is 5.15. The summed E-state index contributed by atoms with van der Waals surface area (Å²) in [6.45, 7) is 10.8. The van der Waals surface area contributed by atoms with Crippen LogP contribution in [0, 0.1) is 17.8 Å². The standard InChI is InChI=1S/C30H43N3O6S/c1-18(2)25(33(7)29(36)19(3)4)16-26(39-21(6)34)28-32-24(17-40-28)27(35)31-23(14-20(5)30(37)38-8)15-22-12-10-9-11-13-22/h9-13,17-20,23,25-26H,14-16H2,1-8H3,(H,31,35)/t20-,23+,25+,26+/m0/s1. The van der Waals surface area contributed by atoms with Crippen LogP contribution in [0.4, 0.5) is 0 Å². The fourth-order valence-corrected chi connectivity index (χ4v) is 5.52. The Labute approximate surface area is 241 Å². The number of benzene rings is 1. The summed E-state index contributed by atoms with van der Waals surface area (Å²) in [5.74, 6) is -1.65. The third-order valence-corrected chi connectivity index (χ3v) is 7.74. The van der Waals surface area contributed by atoms with Crippen molar-refractivity contribution in [1.82, 2.24) is 15.2 Å².